The number of H-pyrrole nitrogens is 3. The van der Waals surface area contributed by atoms with Crippen LogP contribution in [0.1, 0.15) is 87.7 Å². The molecule has 0 aliphatic carbocycles. The Morgan fingerprint density at radius 3 is 0.827 bits per heavy atom. The van der Waals surface area contributed by atoms with Crippen molar-refractivity contribution in [1.29, 1.82) is 5.41 Å². The molecule has 3 rings (SSSR count). The van der Waals surface area contributed by atoms with Crippen LogP contribution in [0.25, 0.3) is 0 Å². The van der Waals surface area contributed by atoms with Crippen LogP contribution in [-0.2, 0) is 52.8 Å². The summed E-state index contributed by atoms with van der Waals surface area (Å²) < 4.78 is 0. The molecular formula is C42H83N19O14. The molecule has 33 heteroatoms. The lowest BCUT2D eigenvalue weighted by Crippen LogP contribution is -2.34. The lowest BCUT2D eigenvalue weighted by molar-refractivity contribution is -0.139. The van der Waals surface area contributed by atoms with E-state index in [0.29, 0.717) is 75.4 Å². The minimum absolute atomic E-state index is 0.112. The molecule has 0 saturated heterocycles. The van der Waals surface area contributed by atoms with Gasteiger partial charge >= 0.3 is 41.8 Å². The van der Waals surface area contributed by atoms with Crippen molar-refractivity contribution < 1.29 is 69.3 Å². The molecule has 34 N–H and O–H groups in total. The third-order valence-electron chi connectivity index (χ3n) is 9.09. The average Bonchev–Trinajstić information content (AvgIpc) is 4.18. The second kappa shape index (κ2) is 47.8. The number of nitrogens with one attached hydrogen (secondary N) is 5. The van der Waals surface area contributed by atoms with Gasteiger partial charge in [-0.1, -0.05) is 19.3 Å². The molecule has 0 spiro atoms. The Morgan fingerprint density at radius 2 is 0.653 bits per heavy atom. The van der Waals surface area contributed by atoms with Gasteiger partial charge in [0.1, 0.15) is 42.3 Å². The Bertz CT molecular complexity index is 1750. The summed E-state index contributed by atoms with van der Waals surface area (Å²) in [5, 5.41) is 67.9. The van der Waals surface area contributed by atoms with Crippen LogP contribution in [0.15, 0.2) is 37.6 Å². The maximum absolute atomic E-state index is 10.3. The normalized spacial score (nSPS) is 12.8. The maximum atomic E-state index is 10.3. The van der Waals surface area contributed by atoms with Gasteiger partial charge in [0.2, 0.25) is 0 Å². The van der Waals surface area contributed by atoms with E-state index in [1.807, 2.05) is 0 Å². The molecule has 0 aliphatic heterocycles. The molecule has 3 aromatic rings. The zero-order valence-corrected chi connectivity index (χ0v) is 41.9. The average molecular weight is 1080 g/mol. The second-order valence-electron chi connectivity index (χ2n) is 15.7. The molecule has 0 amide bonds. The van der Waals surface area contributed by atoms with E-state index in [1.165, 1.54) is 19.0 Å². The first-order valence-electron chi connectivity index (χ1n) is 23.2. The lowest BCUT2D eigenvalue weighted by atomic mass is 10.1. The standard InChI is InChI=1S/C6H14N4O2.3C6H9N3O2.3C6H14N2O2/c7-4(5(11)12)2-1-3-10-6(8)9;3*7-5(6(10)11)1-4-2-8-3-9-4;3*7-4-2-1-3-5(8)6(9)10/h4H,1-3,7H2,(H,11,12)(H4,8,9,10);3*2-3,5H,1,7H2,(H,8,9)(H,10,11);3*5H,1-4,7-8H2,(H,9,10). The minimum Gasteiger partial charge on any atom is -0.480 e. The second-order valence-corrected chi connectivity index (χ2v) is 15.7. The van der Waals surface area contributed by atoms with Crippen molar-refractivity contribution in [2.24, 2.45) is 63.1 Å². The van der Waals surface area contributed by atoms with Gasteiger partial charge in [0.15, 0.2) is 5.96 Å². The maximum Gasteiger partial charge on any atom is 0.320 e. The molecule has 0 aromatic carbocycles. The van der Waals surface area contributed by atoms with Crippen LogP contribution in [-0.4, -0.2) is 182 Å². The van der Waals surface area contributed by atoms with Crippen LogP contribution in [0, 0.1) is 5.41 Å². The van der Waals surface area contributed by atoms with Gasteiger partial charge in [-0.3, -0.25) is 39.0 Å². The summed E-state index contributed by atoms with van der Waals surface area (Å²) in [5.74, 6) is -6.93. The van der Waals surface area contributed by atoms with Gasteiger partial charge in [0.25, 0.3) is 0 Å². The monoisotopic (exact) mass is 1080 g/mol. The van der Waals surface area contributed by atoms with E-state index >= 15 is 0 Å². The number of unbranched alkanes of at least 4 members (excludes halogenated alkanes) is 3. The van der Waals surface area contributed by atoms with E-state index in [4.69, 9.17) is 104 Å². The summed E-state index contributed by atoms with van der Waals surface area (Å²) in [5.41, 5.74) is 59.2. The molecule has 0 saturated carbocycles. The highest BCUT2D eigenvalue weighted by Gasteiger charge is 2.15. The summed E-state index contributed by atoms with van der Waals surface area (Å²) in [6.45, 7) is 2.29. The fourth-order valence-corrected chi connectivity index (χ4v) is 4.71. The fraction of sp³-hybridized carbons (Fsp3) is 0.595. The molecule has 7 unspecified atom stereocenters. The molecule has 7 atom stereocenters. The highest BCUT2D eigenvalue weighted by molar-refractivity contribution is 5.75. The first-order chi connectivity index (χ1) is 35.2. The molecule has 0 fully saturated rings. The van der Waals surface area contributed by atoms with Gasteiger partial charge in [-0.2, -0.15) is 0 Å². The van der Waals surface area contributed by atoms with Gasteiger partial charge in [-0.15, -0.1) is 0 Å². The van der Waals surface area contributed by atoms with E-state index in [1.54, 1.807) is 18.6 Å². The number of aromatic amines is 3. The summed E-state index contributed by atoms with van der Waals surface area (Å²) >= 11 is 0. The van der Waals surface area contributed by atoms with Crippen molar-refractivity contribution >= 4 is 47.7 Å². The van der Waals surface area contributed by atoms with Crippen LogP contribution in [0.4, 0.5) is 0 Å². The number of hydrogen-bond donors (Lipinski definition) is 23. The predicted octanol–water partition coefficient (Wildman–Crippen LogP) is -4.66. The van der Waals surface area contributed by atoms with Crippen LogP contribution in [0.5, 0.6) is 0 Å². The molecular weight excluding hydrogens is 995 g/mol. The molecule has 75 heavy (non-hydrogen) atoms. The number of rotatable bonds is 29. The smallest absolute Gasteiger partial charge is 0.320 e. The Kier molecular flexibility index (Phi) is 47.3. The number of imidazole rings is 3. The number of carboxylic acid groups (broad SMARTS) is 7. The highest BCUT2D eigenvalue weighted by Crippen LogP contribution is 2.00. The van der Waals surface area contributed by atoms with Gasteiger partial charge in [-0.05, 0) is 71.0 Å². The summed E-state index contributed by atoms with van der Waals surface area (Å²) in [6, 6.07) is -5.56. The third kappa shape index (κ3) is 48.8. The Hall–Kier alpha value is -7.21. The summed E-state index contributed by atoms with van der Waals surface area (Å²) in [6.07, 6.45) is 17.6. The number of hydrogen-bond acceptors (Lipinski definition) is 21. The first kappa shape index (κ1) is 74.3. The summed E-state index contributed by atoms with van der Waals surface area (Å²) in [7, 11) is 0. The lowest BCUT2D eigenvalue weighted by Gasteiger charge is -2.06. The van der Waals surface area contributed by atoms with Crippen molar-refractivity contribution in [2.75, 3.05) is 26.2 Å². The van der Waals surface area contributed by atoms with Crippen molar-refractivity contribution in [1.82, 2.24) is 35.2 Å². The number of guanidine groups is 1. The SMILES string of the molecule is N=C(N)NCCCC(N)C(=O)O.NC(Cc1c[nH]cn1)C(=O)O.NC(Cc1c[nH]cn1)C(=O)O.NC(Cc1c[nH]cn1)C(=O)O.NCCCCC(N)C(=O)O.NCCCCC(N)C(=O)O.NCCCCC(N)C(=O)O. The fourth-order valence-electron chi connectivity index (χ4n) is 4.71. The molecule has 0 radical (unpaired) electrons. The van der Waals surface area contributed by atoms with Crippen molar-refractivity contribution in [3.8, 4) is 0 Å². The van der Waals surface area contributed by atoms with Crippen LogP contribution in [0.2, 0.25) is 0 Å². The Morgan fingerprint density at radius 1 is 0.427 bits per heavy atom. The minimum atomic E-state index is -1.01. The molecule has 0 aliphatic rings. The number of carboxylic acids is 7. The van der Waals surface area contributed by atoms with Crippen LogP contribution < -0.4 is 68.4 Å². The van der Waals surface area contributed by atoms with Crippen LogP contribution >= 0.6 is 0 Å². The molecule has 3 heterocycles. The zero-order valence-electron chi connectivity index (χ0n) is 41.9. The van der Waals surface area contributed by atoms with Crippen molar-refractivity contribution in [2.45, 2.75) is 132 Å². The molecule has 33 nitrogen and oxygen atoms in total. The van der Waals surface area contributed by atoms with Crippen molar-refractivity contribution in [3.63, 3.8) is 0 Å². The van der Waals surface area contributed by atoms with Gasteiger partial charge in [0.05, 0.1) is 36.1 Å². The Balaban J connectivity index is -0.000000392. The quantitative estimate of drug-likeness (QED) is 0.0177. The van der Waals surface area contributed by atoms with Gasteiger partial charge < -0.3 is 119 Å². The van der Waals surface area contributed by atoms with E-state index in [-0.39, 0.29) is 25.2 Å². The first-order valence-corrected chi connectivity index (χ1v) is 23.2. The van der Waals surface area contributed by atoms with E-state index < -0.39 is 84.1 Å². The van der Waals surface area contributed by atoms with Crippen LogP contribution in [0.3, 0.4) is 0 Å². The van der Waals surface area contributed by atoms with E-state index in [2.05, 4.69) is 35.2 Å². The molecule has 430 valence electrons. The Labute approximate surface area is 433 Å². The topological polar surface area (TPSA) is 669 Å². The number of nitrogens with two attached hydrogens (primary N) is 11. The zero-order chi connectivity index (χ0) is 58.3. The van der Waals surface area contributed by atoms with Crippen molar-refractivity contribution in [3.05, 3.63) is 54.7 Å². The predicted molar refractivity (Wildman–Crippen MR) is 274 cm³/mol. The molecule has 3 aromatic heterocycles. The molecule has 0 bridgehead atoms. The third-order valence-corrected chi connectivity index (χ3v) is 9.09. The summed E-state index contributed by atoms with van der Waals surface area (Å²) in [4.78, 5) is 91.1. The number of nitrogens with zero attached hydrogens (tertiary/aromatic N) is 3. The van der Waals surface area contributed by atoms with Gasteiger partial charge in [0, 0.05) is 44.4 Å². The number of aliphatic carboxylic acids is 7. The van der Waals surface area contributed by atoms with E-state index in [9.17, 15) is 33.6 Å². The largest absolute Gasteiger partial charge is 0.480 e. The number of carbonyl (C=O) groups is 7. The number of aromatic nitrogens is 6. The highest BCUT2D eigenvalue weighted by atomic mass is 16.4. The van der Waals surface area contributed by atoms with E-state index in [0.717, 1.165) is 38.5 Å². The van der Waals surface area contributed by atoms with Gasteiger partial charge in [-0.25, -0.2) is 15.0 Å².